The molecule has 0 radical (unpaired) electrons. The average Bonchev–Trinajstić information content (AvgIpc) is 2.84. The molecule has 2 rings (SSSR count). The lowest BCUT2D eigenvalue weighted by Crippen LogP contribution is -2.35. The molecule has 0 aromatic carbocycles. The van der Waals surface area contributed by atoms with Crippen LogP contribution < -0.4 is 5.32 Å². The molecule has 5 nitrogen and oxygen atoms in total. The van der Waals surface area contributed by atoms with Gasteiger partial charge in [0, 0.05) is 6.04 Å². The first-order chi connectivity index (χ1) is 8.69. The molecule has 0 spiro atoms. The van der Waals surface area contributed by atoms with E-state index in [4.69, 9.17) is 4.42 Å². The summed E-state index contributed by atoms with van der Waals surface area (Å²) in [6.45, 7) is 0.564. The van der Waals surface area contributed by atoms with Gasteiger partial charge in [-0.2, -0.15) is 0 Å². The highest BCUT2D eigenvalue weighted by molar-refractivity contribution is 5.88. The molecular formula is C13H19NO4. The molecule has 18 heavy (non-hydrogen) atoms. The largest absolute Gasteiger partial charge is 0.467 e. The molecule has 0 aliphatic heterocycles. The summed E-state index contributed by atoms with van der Waals surface area (Å²) in [4.78, 5) is 11.2. The van der Waals surface area contributed by atoms with E-state index in [0.29, 0.717) is 23.9 Å². The Kier molecular flexibility index (Phi) is 4.38. The summed E-state index contributed by atoms with van der Waals surface area (Å²) < 4.78 is 9.89. The monoisotopic (exact) mass is 253 g/mol. The fourth-order valence-corrected chi connectivity index (χ4v) is 2.29. The van der Waals surface area contributed by atoms with Crippen LogP contribution in [0.4, 0.5) is 0 Å². The number of carbonyl (C=O) groups excluding carboxylic acids is 1. The van der Waals surface area contributed by atoms with Gasteiger partial charge in [-0.1, -0.05) is 0 Å². The smallest absolute Gasteiger partial charge is 0.341 e. The Morgan fingerprint density at radius 3 is 3.17 bits per heavy atom. The minimum absolute atomic E-state index is 0.196. The molecule has 0 amide bonds. The lowest BCUT2D eigenvalue weighted by molar-refractivity contribution is 0.0600. The summed E-state index contributed by atoms with van der Waals surface area (Å²) in [6.07, 6.45) is 5.00. The number of aliphatic hydroxyl groups is 1. The van der Waals surface area contributed by atoms with E-state index in [0.717, 1.165) is 25.7 Å². The molecule has 2 N–H and O–H groups in total. The van der Waals surface area contributed by atoms with Crippen LogP contribution in [0.5, 0.6) is 0 Å². The molecule has 1 aromatic heterocycles. The lowest BCUT2D eigenvalue weighted by Gasteiger charge is -2.26. The zero-order chi connectivity index (χ0) is 13.0. The molecule has 1 fully saturated rings. The number of rotatable bonds is 4. The standard InChI is InChI=1S/C13H19NO4/c1-17-13(16)9-5-12(18-8-9)7-14-10-3-2-4-11(15)6-10/h5,8,10-11,14-15H,2-4,6-7H2,1H3. The third-order valence-electron chi connectivity index (χ3n) is 3.29. The van der Waals surface area contributed by atoms with Gasteiger partial charge in [0.1, 0.15) is 12.0 Å². The van der Waals surface area contributed by atoms with Gasteiger partial charge in [0.05, 0.1) is 25.3 Å². The van der Waals surface area contributed by atoms with Crippen LogP contribution in [0.15, 0.2) is 16.7 Å². The summed E-state index contributed by atoms with van der Waals surface area (Å²) in [5.74, 6) is 0.313. The highest BCUT2D eigenvalue weighted by Gasteiger charge is 2.20. The van der Waals surface area contributed by atoms with Crippen molar-refractivity contribution >= 4 is 5.97 Å². The quantitative estimate of drug-likeness (QED) is 0.795. The van der Waals surface area contributed by atoms with Gasteiger partial charge < -0.3 is 19.6 Å². The predicted octanol–water partition coefficient (Wildman–Crippen LogP) is 1.46. The van der Waals surface area contributed by atoms with Crippen molar-refractivity contribution in [1.29, 1.82) is 0 Å². The Balaban J connectivity index is 1.82. The number of furan rings is 1. The van der Waals surface area contributed by atoms with Crippen LogP contribution in [-0.4, -0.2) is 30.3 Å². The van der Waals surface area contributed by atoms with E-state index < -0.39 is 5.97 Å². The first-order valence-corrected chi connectivity index (χ1v) is 6.26. The van der Waals surface area contributed by atoms with E-state index in [9.17, 15) is 9.90 Å². The number of aliphatic hydroxyl groups excluding tert-OH is 1. The molecule has 1 heterocycles. The van der Waals surface area contributed by atoms with Crippen molar-refractivity contribution in [3.63, 3.8) is 0 Å². The van der Waals surface area contributed by atoms with Gasteiger partial charge >= 0.3 is 5.97 Å². The number of hydrogen-bond acceptors (Lipinski definition) is 5. The zero-order valence-electron chi connectivity index (χ0n) is 10.5. The van der Waals surface area contributed by atoms with Crippen LogP contribution in [0.25, 0.3) is 0 Å². The van der Waals surface area contributed by atoms with Crippen molar-refractivity contribution in [1.82, 2.24) is 5.32 Å². The Morgan fingerprint density at radius 2 is 2.44 bits per heavy atom. The summed E-state index contributed by atoms with van der Waals surface area (Å²) >= 11 is 0. The molecule has 0 bridgehead atoms. The van der Waals surface area contributed by atoms with Gasteiger partial charge in [0.2, 0.25) is 0 Å². The van der Waals surface area contributed by atoms with Crippen molar-refractivity contribution in [3.05, 3.63) is 23.7 Å². The van der Waals surface area contributed by atoms with E-state index in [2.05, 4.69) is 10.1 Å². The van der Waals surface area contributed by atoms with Gasteiger partial charge in [0.15, 0.2) is 0 Å². The second kappa shape index (κ2) is 6.02. The summed E-state index contributed by atoms with van der Waals surface area (Å²) in [5, 5.41) is 12.9. The Morgan fingerprint density at radius 1 is 1.61 bits per heavy atom. The second-order valence-corrected chi connectivity index (χ2v) is 4.69. The number of methoxy groups -OCH3 is 1. The van der Waals surface area contributed by atoms with Crippen molar-refractivity contribution in [2.24, 2.45) is 0 Å². The minimum Gasteiger partial charge on any atom is -0.467 e. The molecule has 0 saturated heterocycles. The number of carbonyl (C=O) groups is 1. The maximum atomic E-state index is 11.2. The molecule has 1 aromatic rings. The average molecular weight is 253 g/mol. The first kappa shape index (κ1) is 13.1. The summed E-state index contributed by atoms with van der Waals surface area (Å²) in [6, 6.07) is 2.00. The van der Waals surface area contributed by atoms with Crippen LogP contribution in [0.2, 0.25) is 0 Å². The van der Waals surface area contributed by atoms with Crippen molar-refractivity contribution in [3.8, 4) is 0 Å². The highest BCUT2D eigenvalue weighted by Crippen LogP contribution is 2.19. The maximum absolute atomic E-state index is 11.2. The highest BCUT2D eigenvalue weighted by atomic mass is 16.5. The molecule has 2 atom stereocenters. The number of esters is 1. The van der Waals surface area contributed by atoms with Crippen molar-refractivity contribution in [2.45, 2.75) is 44.4 Å². The fraction of sp³-hybridized carbons (Fsp3) is 0.615. The Bertz CT molecular complexity index is 401. The predicted molar refractivity (Wildman–Crippen MR) is 65.2 cm³/mol. The van der Waals surface area contributed by atoms with Crippen LogP contribution >= 0.6 is 0 Å². The van der Waals surface area contributed by atoms with E-state index in [-0.39, 0.29) is 6.10 Å². The van der Waals surface area contributed by atoms with Gasteiger partial charge in [-0.25, -0.2) is 4.79 Å². The number of nitrogens with one attached hydrogen (secondary N) is 1. The molecule has 1 saturated carbocycles. The van der Waals surface area contributed by atoms with Gasteiger partial charge in [0.25, 0.3) is 0 Å². The van der Waals surface area contributed by atoms with Crippen LogP contribution in [0, 0.1) is 0 Å². The van der Waals surface area contributed by atoms with Crippen molar-refractivity contribution in [2.75, 3.05) is 7.11 Å². The van der Waals surface area contributed by atoms with Gasteiger partial charge in [-0.15, -0.1) is 0 Å². The van der Waals surface area contributed by atoms with E-state index >= 15 is 0 Å². The first-order valence-electron chi connectivity index (χ1n) is 6.26. The zero-order valence-corrected chi connectivity index (χ0v) is 10.5. The summed E-state index contributed by atoms with van der Waals surface area (Å²) in [5.41, 5.74) is 0.429. The van der Waals surface area contributed by atoms with Gasteiger partial charge in [-0.3, -0.25) is 0 Å². The molecule has 5 heteroatoms. The molecule has 2 unspecified atom stereocenters. The molecule has 100 valence electrons. The van der Waals surface area contributed by atoms with Crippen LogP contribution in [-0.2, 0) is 11.3 Å². The molecule has 1 aliphatic carbocycles. The van der Waals surface area contributed by atoms with Gasteiger partial charge in [-0.05, 0) is 31.7 Å². The third kappa shape index (κ3) is 3.34. The topological polar surface area (TPSA) is 71.7 Å². The van der Waals surface area contributed by atoms with Crippen molar-refractivity contribution < 1.29 is 19.1 Å². The van der Waals surface area contributed by atoms with E-state index in [1.165, 1.54) is 13.4 Å². The van der Waals surface area contributed by atoms with Crippen LogP contribution in [0.3, 0.4) is 0 Å². The normalized spacial score (nSPS) is 23.9. The summed E-state index contributed by atoms with van der Waals surface area (Å²) in [7, 11) is 1.34. The third-order valence-corrected chi connectivity index (χ3v) is 3.29. The second-order valence-electron chi connectivity index (χ2n) is 4.69. The Labute approximate surface area is 106 Å². The minimum atomic E-state index is -0.391. The Hall–Kier alpha value is -1.33. The van der Waals surface area contributed by atoms with E-state index in [1.54, 1.807) is 6.07 Å². The molecular weight excluding hydrogens is 234 g/mol. The lowest BCUT2D eigenvalue weighted by atomic mass is 9.93. The number of ether oxygens (including phenoxy) is 1. The number of hydrogen-bond donors (Lipinski definition) is 2. The molecule has 1 aliphatic rings. The maximum Gasteiger partial charge on any atom is 0.341 e. The fourth-order valence-electron chi connectivity index (χ4n) is 2.29. The SMILES string of the molecule is COC(=O)c1coc(CNC2CCCC(O)C2)c1. The van der Waals surface area contributed by atoms with E-state index in [1.807, 2.05) is 0 Å². The van der Waals surface area contributed by atoms with Crippen LogP contribution in [0.1, 0.15) is 41.8 Å².